The highest BCUT2D eigenvalue weighted by molar-refractivity contribution is 8.17. The van der Waals surface area contributed by atoms with Crippen LogP contribution in [0.25, 0.3) is 0 Å². The van der Waals surface area contributed by atoms with Gasteiger partial charge in [-0.3, -0.25) is 0 Å². The smallest absolute Gasteiger partial charge is 0.127 e. The minimum atomic E-state index is 0.419. The zero-order valence-electron chi connectivity index (χ0n) is 8.86. The third-order valence-corrected chi connectivity index (χ3v) is 5.25. The van der Waals surface area contributed by atoms with Gasteiger partial charge in [0.25, 0.3) is 0 Å². The van der Waals surface area contributed by atoms with Gasteiger partial charge in [-0.1, -0.05) is 23.9 Å². The lowest BCUT2D eigenvalue weighted by Gasteiger charge is -2.20. The quantitative estimate of drug-likeness (QED) is 0.819. The van der Waals surface area contributed by atoms with Gasteiger partial charge in [0.2, 0.25) is 0 Å². The molecule has 1 aliphatic heterocycles. The second kappa shape index (κ2) is 4.49. The molecule has 1 unspecified atom stereocenters. The van der Waals surface area contributed by atoms with Gasteiger partial charge >= 0.3 is 0 Å². The van der Waals surface area contributed by atoms with Crippen molar-refractivity contribution in [2.45, 2.75) is 16.5 Å². The van der Waals surface area contributed by atoms with Crippen molar-refractivity contribution in [1.29, 1.82) is 5.41 Å². The molecule has 0 saturated carbocycles. The Morgan fingerprint density at radius 3 is 2.93 bits per heavy atom. The number of rotatable bonds is 3. The van der Waals surface area contributed by atoms with E-state index < -0.39 is 0 Å². The van der Waals surface area contributed by atoms with E-state index in [4.69, 9.17) is 5.41 Å². The molecule has 0 radical (unpaired) electrons. The van der Waals surface area contributed by atoms with Gasteiger partial charge in [-0.05, 0) is 19.1 Å². The second-order valence-electron chi connectivity index (χ2n) is 3.59. The van der Waals surface area contributed by atoms with Gasteiger partial charge in [0.1, 0.15) is 4.71 Å². The summed E-state index contributed by atoms with van der Waals surface area (Å²) in [7, 11) is 2.12. The third-order valence-electron chi connectivity index (χ3n) is 2.23. The topological polar surface area (TPSA) is 27.1 Å². The van der Waals surface area contributed by atoms with Crippen LogP contribution in [0.15, 0.2) is 29.2 Å². The first-order valence-corrected chi connectivity index (χ1v) is 6.75. The molecule has 2 rings (SSSR count). The van der Waals surface area contributed by atoms with E-state index in [0.29, 0.717) is 4.71 Å². The average molecular weight is 238 g/mol. The van der Waals surface area contributed by atoms with Crippen molar-refractivity contribution in [3.05, 3.63) is 24.3 Å². The minimum absolute atomic E-state index is 0.419. The fraction of sp³-hybridized carbons (Fsp3) is 0.364. The number of thioether (sulfide) groups is 2. The number of nitrogens with one attached hydrogen (secondary N) is 1. The van der Waals surface area contributed by atoms with E-state index in [0.717, 1.165) is 11.5 Å². The molecule has 0 saturated heterocycles. The SMILES string of the molecule is CC(=N)CSC1Sc2ccccc2N1C. The largest absolute Gasteiger partial charge is 0.353 e. The van der Waals surface area contributed by atoms with Crippen LogP contribution in [0.2, 0.25) is 0 Å². The molecule has 15 heavy (non-hydrogen) atoms. The van der Waals surface area contributed by atoms with Gasteiger partial charge in [0.05, 0.1) is 5.69 Å². The van der Waals surface area contributed by atoms with E-state index >= 15 is 0 Å². The highest BCUT2D eigenvalue weighted by atomic mass is 32.2. The van der Waals surface area contributed by atoms with Crippen LogP contribution in [-0.2, 0) is 0 Å². The van der Waals surface area contributed by atoms with Crippen molar-refractivity contribution in [3.63, 3.8) is 0 Å². The first-order valence-electron chi connectivity index (χ1n) is 4.82. The highest BCUT2D eigenvalue weighted by Crippen LogP contribution is 2.46. The molecule has 0 bridgehead atoms. The van der Waals surface area contributed by atoms with Crippen LogP contribution < -0.4 is 4.90 Å². The fourth-order valence-electron chi connectivity index (χ4n) is 1.49. The van der Waals surface area contributed by atoms with Crippen molar-refractivity contribution in [2.24, 2.45) is 0 Å². The summed E-state index contributed by atoms with van der Waals surface area (Å²) >= 11 is 3.70. The minimum Gasteiger partial charge on any atom is -0.353 e. The normalized spacial score (nSPS) is 19.1. The van der Waals surface area contributed by atoms with Gasteiger partial charge < -0.3 is 10.3 Å². The van der Waals surface area contributed by atoms with Gasteiger partial charge in [-0.15, -0.1) is 11.8 Å². The van der Waals surface area contributed by atoms with E-state index in [9.17, 15) is 0 Å². The van der Waals surface area contributed by atoms with Crippen molar-refractivity contribution in [3.8, 4) is 0 Å². The molecular weight excluding hydrogens is 224 g/mol. The molecule has 1 N–H and O–H groups in total. The van der Waals surface area contributed by atoms with Crippen molar-refractivity contribution in [2.75, 3.05) is 17.7 Å². The van der Waals surface area contributed by atoms with E-state index in [1.807, 2.05) is 30.4 Å². The maximum Gasteiger partial charge on any atom is 0.127 e. The van der Waals surface area contributed by atoms with Crippen LogP contribution in [0.4, 0.5) is 5.69 Å². The lowest BCUT2D eigenvalue weighted by atomic mass is 10.3. The highest BCUT2D eigenvalue weighted by Gasteiger charge is 2.26. The lowest BCUT2D eigenvalue weighted by Crippen LogP contribution is -2.22. The Morgan fingerprint density at radius 2 is 2.27 bits per heavy atom. The zero-order chi connectivity index (χ0) is 10.8. The Labute approximate surface area is 98.9 Å². The first-order chi connectivity index (χ1) is 7.18. The summed E-state index contributed by atoms with van der Waals surface area (Å²) in [4.78, 5) is 3.63. The number of para-hydroxylation sites is 1. The number of hydrogen-bond acceptors (Lipinski definition) is 4. The molecule has 1 aromatic carbocycles. The number of fused-ring (bicyclic) bond motifs is 1. The molecule has 0 aromatic heterocycles. The Hall–Kier alpha value is -0.610. The van der Waals surface area contributed by atoms with E-state index in [1.165, 1.54) is 10.6 Å². The molecule has 1 aliphatic rings. The lowest BCUT2D eigenvalue weighted by molar-refractivity contribution is 1.06. The van der Waals surface area contributed by atoms with Gasteiger partial charge in [0, 0.05) is 23.4 Å². The van der Waals surface area contributed by atoms with E-state index in [1.54, 1.807) is 0 Å². The van der Waals surface area contributed by atoms with Crippen LogP contribution in [-0.4, -0.2) is 23.2 Å². The fourth-order valence-corrected chi connectivity index (χ4v) is 3.99. The first kappa shape index (κ1) is 10.9. The summed E-state index contributed by atoms with van der Waals surface area (Å²) in [6.07, 6.45) is 0. The average Bonchev–Trinajstić information content (AvgIpc) is 2.54. The van der Waals surface area contributed by atoms with Crippen LogP contribution in [0, 0.1) is 5.41 Å². The summed E-state index contributed by atoms with van der Waals surface area (Å²) in [5, 5.41) is 7.44. The van der Waals surface area contributed by atoms with Crippen LogP contribution >= 0.6 is 23.5 Å². The number of anilines is 1. The molecule has 0 spiro atoms. The summed E-state index contributed by atoms with van der Waals surface area (Å²) in [6.45, 7) is 1.86. The maximum absolute atomic E-state index is 7.44. The van der Waals surface area contributed by atoms with E-state index in [-0.39, 0.29) is 0 Å². The predicted octanol–water partition coefficient (Wildman–Crippen LogP) is 3.28. The molecule has 80 valence electrons. The van der Waals surface area contributed by atoms with Gasteiger partial charge in [-0.25, -0.2) is 0 Å². The molecule has 0 amide bonds. The molecule has 2 nitrogen and oxygen atoms in total. The summed E-state index contributed by atoms with van der Waals surface area (Å²) < 4.78 is 0.419. The summed E-state index contributed by atoms with van der Waals surface area (Å²) in [5.41, 5.74) is 2.05. The molecular formula is C11H14N2S2. The Bertz CT molecular complexity index is 379. The molecule has 0 aliphatic carbocycles. The molecule has 1 atom stereocenters. The third kappa shape index (κ3) is 2.32. The number of nitrogens with zero attached hydrogens (tertiary/aromatic N) is 1. The van der Waals surface area contributed by atoms with Gasteiger partial charge in [0.15, 0.2) is 0 Å². The number of benzene rings is 1. The monoisotopic (exact) mass is 238 g/mol. The Morgan fingerprint density at radius 1 is 1.53 bits per heavy atom. The molecule has 1 heterocycles. The summed E-state index contributed by atoms with van der Waals surface area (Å²) in [6, 6.07) is 8.47. The molecule has 1 aromatic rings. The predicted molar refractivity (Wildman–Crippen MR) is 70.3 cm³/mol. The van der Waals surface area contributed by atoms with Crippen LogP contribution in [0.1, 0.15) is 6.92 Å². The van der Waals surface area contributed by atoms with Crippen molar-refractivity contribution < 1.29 is 0 Å². The Kier molecular flexibility index (Phi) is 3.26. The summed E-state index contributed by atoms with van der Waals surface area (Å²) in [5.74, 6) is 0.815. The zero-order valence-corrected chi connectivity index (χ0v) is 10.5. The molecule has 0 fully saturated rings. The van der Waals surface area contributed by atoms with E-state index in [2.05, 4.69) is 36.2 Å². The van der Waals surface area contributed by atoms with Crippen molar-refractivity contribution in [1.82, 2.24) is 0 Å². The molecule has 4 heteroatoms. The maximum atomic E-state index is 7.44. The second-order valence-corrected chi connectivity index (χ2v) is 6.08. The Balaban J connectivity index is 2.06. The number of hydrogen-bond donors (Lipinski definition) is 1. The van der Waals surface area contributed by atoms with Gasteiger partial charge in [-0.2, -0.15) is 0 Å². The standard InChI is InChI=1S/C11H14N2S2/c1-8(12)7-14-11-13(2)9-5-3-4-6-10(9)15-11/h3-6,11-12H,7H2,1-2H3. The van der Waals surface area contributed by atoms with Crippen LogP contribution in [0.5, 0.6) is 0 Å². The van der Waals surface area contributed by atoms with Crippen LogP contribution in [0.3, 0.4) is 0 Å². The van der Waals surface area contributed by atoms with Crippen molar-refractivity contribution >= 4 is 34.9 Å².